The molecule has 2 aromatic carbocycles. The molecule has 0 aliphatic heterocycles. The Balaban J connectivity index is 1.96. The number of amides is 2. The minimum atomic E-state index is -0.713. The molecule has 0 saturated carbocycles. The molecule has 11 heteroatoms. The maximum atomic E-state index is 13.0. The highest BCUT2D eigenvalue weighted by molar-refractivity contribution is 6.10. The van der Waals surface area contributed by atoms with Gasteiger partial charge in [0.1, 0.15) is 16.4 Å². The molecule has 3 rings (SSSR count). The predicted octanol–water partition coefficient (Wildman–Crippen LogP) is 3.62. The summed E-state index contributed by atoms with van der Waals surface area (Å²) in [6.45, 7) is 0. The third-order valence-electron chi connectivity index (χ3n) is 4.53. The molecule has 0 radical (unpaired) electrons. The highest BCUT2D eigenvalue weighted by Crippen LogP contribution is 2.38. The number of benzene rings is 2. The predicted molar refractivity (Wildman–Crippen MR) is 122 cm³/mol. The minimum absolute atomic E-state index is 0.00453. The molecule has 0 aliphatic carbocycles. The number of anilines is 1. The Kier molecular flexibility index (Phi) is 7.49. The Morgan fingerprint density at radius 1 is 0.971 bits per heavy atom. The van der Waals surface area contributed by atoms with Crippen LogP contribution in [0.2, 0.25) is 0 Å². The first-order valence-corrected chi connectivity index (χ1v) is 9.80. The summed E-state index contributed by atoms with van der Waals surface area (Å²) < 4.78 is 20.9. The first kappa shape index (κ1) is 23.9. The standard InChI is InChI=1S/C23H21N3O8/c1-31-18-11-14(12-19(32-2)21(18)33-3)22(27)25-17(13-16-9-10-20(34-16)26(29)30)23(28)24-15-7-5-4-6-8-15/h4-13H,1-3H3,(H,24,28)(H,25,27). The van der Waals surface area contributed by atoms with Gasteiger partial charge in [-0.2, -0.15) is 0 Å². The van der Waals surface area contributed by atoms with Crippen LogP contribution in [0, 0.1) is 10.1 Å². The number of methoxy groups -OCH3 is 3. The number of para-hydroxylation sites is 1. The van der Waals surface area contributed by atoms with Gasteiger partial charge in [-0.1, -0.05) is 18.2 Å². The van der Waals surface area contributed by atoms with Crippen LogP contribution in [-0.4, -0.2) is 38.1 Å². The summed E-state index contributed by atoms with van der Waals surface area (Å²) in [4.78, 5) is 36.2. The van der Waals surface area contributed by atoms with Crippen LogP contribution in [0.4, 0.5) is 11.6 Å². The smallest absolute Gasteiger partial charge is 0.433 e. The molecule has 0 aliphatic rings. The van der Waals surface area contributed by atoms with Crippen molar-refractivity contribution in [1.82, 2.24) is 5.32 Å². The number of nitro groups is 1. The van der Waals surface area contributed by atoms with E-state index in [2.05, 4.69) is 10.6 Å². The van der Waals surface area contributed by atoms with Gasteiger partial charge in [-0.15, -0.1) is 0 Å². The molecule has 3 aromatic rings. The lowest BCUT2D eigenvalue weighted by Gasteiger charge is -2.15. The summed E-state index contributed by atoms with van der Waals surface area (Å²) in [6.07, 6.45) is 1.18. The van der Waals surface area contributed by atoms with Crippen LogP contribution in [0.15, 0.2) is 64.7 Å². The number of nitrogens with zero attached hydrogens (tertiary/aromatic N) is 1. The summed E-state index contributed by atoms with van der Waals surface area (Å²) in [6, 6.07) is 13.8. The van der Waals surface area contributed by atoms with Crippen molar-refractivity contribution in [2.45, 2.75) is 0 Å². The molecule has 2 N–H and O–H groups in total. The average molecular weight is 467 g/mol. The first-order chi connectivity index (χ1) is 16.4. The van der Waals surface area contributed by atoms with Gasteiger partial charge in [0.2, 0.25) is 5.75 Å². The van der Waals surface area contributed by atoms with E-state index in [1.54, 1.807) is 30.3 Å². The Labute approximate surface area is 194 Å². The quantitative estimate of drug-likeness (QED) is 0.276. The van der Waals surface area contributed by atoms with E-state index < -0.39 is 22.6 Å². The van der Waals surface area contributed by atoms with E-state index in [4.69, 9.17) is 18.6 Å². The van der Waals surface area contributed by atoms with Crippen molar-refractivity contribution in [3.8, 4) is 17.2 Å². The summed E-state index contributed by atoms with van der Waals surface area (Å²) in [7, 11) is 4.24. The van der Waals surface area contributed by atoms with E-state index in [1.165, 1.54) is 45.6 Å². The van der Waals surface area contributed by atoms with Crippen LogP contribution in [0.5, 0.6) is 17.2 Å². The highest BCUT2D eigenvalue weighted by Gasteiger charge is 2.21. The molecule has 34 heavy (non-hydrogen) atoms. The third-order valence-corrected chi connectivity index (χ3v) is 4.53. The Bertz CT molecular complexity index is 1210. The Morgan fingerprint density at radius 3 is 2.15 bits per heavy atom. The van der Waals surface area contributed by atoms with Gasteiger partial charge in [0.15, 0.2) is 11.5 Å². The fourth-order valence-electron chi connectivity index (χ4n) is 2.95. The first-order valence-electron chi connectivity index (χ1n) is 9.80. The Morgan fingerprint density at radius 2 is 1.62 bits per heavy atom. The van der Waals surface area contributed by atoms with E-state index in [1.807, 2.05) is 0 Å². The molecule has 0 unspecified atom stereocenters. The fraction of sp³-hybridized carbons (Fsp3) is 0.130. The lowest BCUT2D eigenvalue weighted by molar-refractivity contribution is -0.402. The van der Waals surface area contributed by atoms with Crippen LogP contribution in [0.25, 0.3) is 6.08 Å². The van der Waals surface area contributed by atoms with Crippen LogP contribution in [-0.2, 0) is 4.79 Å². The second kappa shape index (κ2) is 10.7. The van der Waals surface area contributed by atoms with E-state index in [0.29, 0.717) is 11.4 Å². The molecular formula is C23H21N3O8. The lowest BCUT2D eigenvalue weighted by Crippen LogP contribution is -2.30. The molecule has 0 saturated heterocycles. The van der Waals surface area contributed by atoms with Crippen molar-refractivity contribution in [2.75, 3.05) is 26.6 Å². The van der Waals surface area contributed by atoms with Crippen LogP contribution in [0.3, 0.4) is 0 Å². The third kappa shape index (κ3) is 5.51. The zero-order valence-electron chi connectivity index (χ0n) is 18.5. The molecule has 176 valence electrons. The molecule has 0 spiro atoms. The topological polar surface area (TPSA) is 142 Å². The van der Waals surface area contributed by atoms with E-state index in [9.17, 15) is 19.7 Å². The normalized spacial score (nSPS) is 10.9. The molecule has 1 aromatic heterocycles. The van der Waals surface area contributed by atoms with Gasteiger partial charge in [-0.3, -0.25) is 19.7 Å². The maximum absolute atomic E-state index is 13.0. The van der Waals surface area contributed by atoms with Crippen LogP contribution in [0.1, 0.15) is 16.1 Å². The van der Waals surface area contributed by atoms with E-state index in [0.717, 1.165) is 6.07 Å². The van der Waals surface area contributed by atoms with Crippen LogP contribution >= 0.6 is 0 Å². The monoisotopic (exact) mass is 467 g/mol. The molecular weight excluding hydrogens is 446 g/mol. The van der Waals surface area contributed by atoms with Gasteiger partial charge < -0.3 is 29.3 Å². The number of hydrogen-bond acceptors (Lipinski definition) is 8. The van der Waals surface area contributed by atoms with Gasteiger partial charge in [0, 0.05) is 17.3 Å². The number of rotatable bonds is 9. The summed E-state index contributed by atoms with van der Waals surface area (Å²) in [5.41, 5.74) is 0.371. The van der Waals surface area contributed by atoms with Crippen molar-refractivity contribution in [3.05, 3.63) is 81.7 Å². The zero-order valence-corrected chi connectivity index (χ0v) is 18.5. The molecule has 0 bridgehead atoms. The molecule has 0 fully saturated rings. The number of nitrogens with one attached hydrogen (secondary N) is 2. The van der Waals surface area contributed by atoms with E-state index in [-0.39, 0.29) is 28.5 Å². The molecule has 0 atom stereocenters. The number of ether oxygens (including phenoxy) is 3. The van der Waals surface area contributed by atoms with Crippen molar-refractivity contribution < 1.29 is 33.1 Å². The maximum Gasteiger partial charge on any atom is 0.433 e. The SMILES string of the molecule is COc1cc(C(=O)NC(=Cc2ccc([N+](=O)[O-])o2)C(=O)Nc2ccccc2)cc(OC)c1OC. The zero-order chi connectivity index (χ0) is 24.7. The fourth-order valence-corrected chi connectivity index (χ4v) is 2.95. The number of carbonyl (C=O) groups excluding carboxylic acids is 2. The Hall–Kier alpha value is -4.80. The largest absolute Gasteiger partial charge is 0.493 e. The van der Waals surface area contributed by atoms with Crippen molar-refractivity contribution in [1.29, 1.82) is 0 Å². The van der Waals surface area contributed by atoms with Crippen molar-refractivity contribution in [2.24, 2.45) is 0 Å². The van der Waals surface area contributed by atoms with Gasteiger partial charge in [-0.05, 0) is 30.3 Å². The number of carbonyl (C=O) groups is 2. The van der Waals surface area contributed by atoms with Crippen LogP contribution < -0.4 is 24.8 Å². The van der Waals surface area contributed by atoms with Gasteiger partial charge in [-0.25, -0.2) is 0 Å². The number of hydrogen-bond donors (Lipinski definition) is 2. The van der Waals surface area contributed by atoms with Crippen molar-refractivity contribution >= 4 is 29.5 Å². The number of furan rings is 1. The summed E-state index contributed by atoms with van der Waals surface area (Å²) in [5.74, 6) is -1.08. The highest BCUT2D eigenvalue weighted by atomic mass is 16.6. The van der Waals surface area contributed by atoms with Gasteiger partial charge >= 0.3 is 5.88 Å². The second-order valence-electron chi connectivity index (χ2n) is 6.68. The summed E-state index contributed by atoms with van der Waals surface area (Å²) >= 11 is 0. The van der Waals surface area contributed by atoms with Gasteiger partial charge in [0.05, 0.1) is 27.4 Å². The van der Waals surface area contributed by atoms with E-state index >= 15 is 0 Å². The molecule has 2 amide bonds. The van der Waals surface area contributed by atoms with Gasteiger partial charge in [0.25, 0.3) is 11.8 Å². The van der Waals surface area contributed by atoms with Crippen molar-refractivity contribution in [3.63, 3.8) is 0 Å². The summed E-state index contributed by atoms with van der Waals surface area (Å²) in [5, 5.41) is 16.1. The lowest BCUT2D eigenvalue weighted by atomic mass is 10.1. The second-order valence-corrected chi connectivity index (χ2v) is 6.68. The molecule has 11 nitrogen and oxygen atoms in total. The minimum Gasteiger partial charge on any atom is -0.493 e. The average Bonchev–Trinajstić information content (AvgIpc) is 3.32. The molecule has 1 heterocycles.